The molecule has 84 valence electrons. The fraction of sp³-hybridized carbons (Fsp3) is 0.429. The SMILES string of the molecule is Cc1c(C2CCCCN2)sc2ccccc12. The van der Waals surface area contributed by atoms with Crippen molar-refractivity contribution in [1.29, 1.82) is 0 Å². The number of fused-ring (bicyclic) bond motifs is 1. The number of hydrogen-bond donors (Lipinski definition) is 1. The van der Waals surface area contributed by atoms with Gasteiger partial charge in [-0.2, -0.15) is 0 Å². The van der Waals surface area contributed by atoms with Crippen molar-refractivity contribution in [1.82, 2.24) is 5.32 Å². The zero-order valence-corrected chi connectivity index (χ0v) is 10.4. The zero-order valence-electron chi connectivity index (χ0n) is 9.62. The summed E-state index contributed by atoms with van der Waals surface area (Å²) >= 11 is 1.97. The molecular weight excluding hydrogens is 214 g/mol. The molecule has 1 saturated heterocycles. The first-order valence-corrected chi connectivity index (χ1v) is 6.89. The summed E-state index contributed by atoms with van der Waals surface area (Å²) in [6, 6.07) is 9.36. The second-order valence-electron chi connectivity index (χ2n) is 4.59. The Morgan fingerprint density at radius 3 is 2.88 bits per heavy atom. The van der Waals surface area contributed by atoms with E-state index in [1.54, 1.807) is 4.88 Å². The second-order valence-corrected chi connectivity index (χ2v) is 5.67. The first-order chi connectivity index (χ1) is 7.86. The minimum absolute atomic E-state index is 0.603. The molecule has 2 heteroatoms. The van der Waals surface area contributed by atoms with Crippen LogP contribution in [0.4, 0.5) is 0 Å². The number of rotatable bonds is 1. The van der Waals surface area contributed by atoms with Gasteiger partial charge in [-0.05, 0) is 43.3 Å². The molecule has 2 aromatic rings. The third-order valence-corrected chi connectivity index (χ3v) is 4.89. The molecule has 0 radical (unpaired) electrons. The van der Waals surface area contributed by atoms with E-state index in [4.69, 9.17) is 0 Å². The lowest BCUT2D eigenvalue weighted by atomic mass is 10.0. The van der Waals surface area contributed by atoms with E-state index in [0.717, 1.165) is 0 Å². The molecule has 1 atom stereocenters. The number of nitrogens with one attached hydrogen (secondary N) is 1. The van der Waals surface area contributed by atoms with E-state index >= 15 is 0 Å². The van der Waals surface area contributed by atoms with Gasteiger partial charge < -0.3 is 5.32 Å². The third-order valence-electron chi connectivity index (χ3n) is 3.51. The summed E-state index contributed by atoms with van der Waals surface area (Å²) < 4.78 is 1.43. The third kappa shape index (κ3) is 1.66. The Kier molecular flexibility index (Phi) is 2.70. The van der Waals surface area contributed by atoms with Crippen molar-refractivity contribution in [2.45, 2.75) is 32.2 Å². The van der Waals surface area contributed by atoms with Gasteiger partial charge in [0.05, 0.1) is 0 Å². The van der Waals surface area contributed by atoms with Gasteiger partial charge in [0, 0.05) is 15.6 Å². The van der Waals surface area contributed by atoms with Crippen LogP contribution in [0.5, 0.6) is 0 Å². The van der Waals surface area contributed by atoms with E-state index in [1.807, 2.05) is 11.3 Å². The molecule has 1 aliphatic heterocycles. The highest BCUT2D eigenvalue weighted by atomic mass is 32.1. The first kappa shape index (κ1) is 10.3. The predicted octanol–water partition coefficient (Wildman–Crippen LogP) is 4.02. The Morgan fingerprint density at radius 1 is 1.25 bits per heavy atom. The van der Waals surface area contributed by atoms with Crippen LogP contribution in [0.1, 0.15) is 35.7 Å². The lowest BCUT2D eigenvalue weighted by Gasteiger charge is -2.23. The summed E-state index contributed by atoms with van der Waals surface area (Å²) in [7, 11) is 0. The number of piperidine rings is 1. The molecule has 0 amide bonds. The Hall–Kier alpha value is -0.860. The van der Waals surface area contributed by atoms with E-state index in [0.29, 0.717) is 6.04 Å². The average molecular weight is 231 g/mol. The lowest BCUT2D eigenvalue weighted by Crippen LogP contribution is -2.26. The minimum Gasteiger partial charge on any atom is -0.309 e. The molecule has 1 fully saturated rings. The molecule has 1 aliphatic rings. The summed E-state index contributed by atoms with van der Waals surface area (Å²) in [5.41, 5.74) is 1.49. The number of thiophene rings is 1. The van der Waals surface area contributed by atoms with Gasteiger partial charge in [-0.25, -0.2) is 0 Å². The van der Waals surface area contributed by atoms with E-state index < -0.39 is 0 Å². The van der Waals surface area contributed by atoms with Crippen molar-refractivity contribution in [2.75, 3.05) is 6.54 Å². The van der Waals surface area contributed by atoms with Crippen LogP contribution in [-0.2, 0) is 0 Å². The quantitative estimate of drug-likeness (QED) is 0.781. The smallest absolute Gasteiger partial charge is 0.0417 e. The van der Waals surface area contributed by atoms with E-state index in [1.165, 1.54) is 41.5 Å². The fourth-order valence-electron chi connectivity index (χ4n) is 2.60. The van der Waals surface area contributed by atoms with Crippen LogP contribution in [0.25, 0.3) is 10.1 Å². The van der Waals surface area contributed by atoms with Crippen LogP contribution in [0.15, 0.2) is 24.3 Å². The van der Waals surface area contributed by atoms with Gasteiger partial charge in [-0.1, -0.05) is 24.6 Å². The number of aryl methyl sites for hydroxylation is 1. The molecule has 0 bridgehead atoms. The fourth-order valence-corrected chi connectivity index (χ4v) is 3.92. The standard InChI is InChI=1S/C14H17NS/c1-10-11-6-2-3-8-13(11)16-14(10)12-7-4-5-9-15-12/h2-3,6,8,12,15H,4-5,7,9H2,1H3. The van der Waals surface area contributed by atoms with Crippen LogP contribution < -0.4 is 5.32 Å². The maximum Gasteiger partial charge on any atom is 0.0417 e. The van der Waals surface area contributed by atoms with Crippen molar-refractivity contribution in [3.05, 3.63) is 34.7 Å². The maximum atomic E-state index is 3.65. The van der Waals surface area contributed by atoms with Crippen LogP contribution in [-0.4, -0.2) is 6.54 Å². The molecule has 1 aromatic carbocycles. The summed E-state index contributed by atoms with van der Waals surface area (Å²) in [4.78, 5) is 1.56. The maximum absolute atomic E-state index is 3.65. The summed E-state index contributed by atoms with van der Waals surface area (Å²) in [6.45, 7) is 3.45. The lowest BCUT2D eigenvalue weighted by molar-refractivity contribution is 0.416. The normalized spacial score (nSPS) is 21.4. The van der Waals surface area contributed by atoms with Crippen molar-refractivity contribution in [2.24, 2.45) is 0 Å². The number of benzene rings is 1. The van der Waals surface area contributed by atoms with Gasteiger partial charge in [0.15, 0.2) is 0 Å². The summed E-state index contributed by atoms with van der Waals surface area (Å²) in [5, 5.41) is 5.09. The zero-order chi connectivity index (χ0) is 11.0. The molecule has 0 aliphatic carbocycles. The van der Waals surface area contributed by atoms with E-state index in [9.17, 15) is 0 Å². The molecule has 1 nitrogen and oxygen atoms in total. The van der Waals surface area contributed by atoms with Gasteiger partial charge in [0.25, 0.3) is 0 Å². The Bertz CT molecular complexity index is 494. The Labute approximate surface area is 100 Å². The average Bonchev–Trinajstić information content (AvgIpc) is 2.69. The Morgan fingerprint density at radius 2 is 2.12 bits per heavy atom. The Balaban J connectivity index is 2.05. The highest BCUT2D eigenvalue weighted by Gasteiger charge is 2.19. The second kappa shape index (κ2) is 4.19. The molecule has 16 heavy (non-hydrogen) atoms. The highest BCUT2D eigenvalue weighted by Crippen LogP contribution is 2.37. The van der Waals surface area contributed by atoms with Crippen molar-refractivity contribution in [3.63, 3.8) is 0 Å². The van der Waals surface area contributed by atoms with Gasteiger partial charge in [-0.15, -0.1) is 11.3 Å². The van der Waals surface area contributed by atoms with Crippen molar-refractivity contribution >= 4 is 21.4 Å². The topological polar surface area (TPSA) is 12.0 Å². The van der Waals surface area contributed by atoms with Crippen LogP contribution in [0.2, 0.25) is 0 Å². The molecule has 0 spiro atoms. The molecule has 1 N–H and O–H groups in total. The van der Waals surface area contributed by atoms with Gasteiger partial charge in [-0.3, -0.25) is 0 Å². The predicted molar refractivity (Wildman–Crippen MR) is 71.2 cm³/mol. The summed E-state index contributed by atoms with van der Waals surface area (Å²) in [6.07, 6.45) is 4.00. The van der Waals surface area contributed by atoms with Crippen molar-refractivity contribution in [3.8, 4) is 0 Å². The molecular formula is C14H17NS. The van der Waals surface area contributed by atoms with Gasteiger partial charge in [0.1, 0.15) is 0 Å². The van der Waals surface area contributed by atoms with Crippen LogP contribution in [0.3, 0.4) is 0 Å². The largest absolute Gasteiger partial charge is 0.309 e. The van der Waals surface area contributed by atoms with Gasteiger partial charge >= 0.3 is 0 Å². The van der Waals surface area contributed by atoms with Crippen LogP contribution >= 0.6 is 11.3 Å². The van der Waals surface area contributed by atoms with Gasteiger partial charge in [0.2, 0.25) is 0 Å². The molecule has 1 unspecified atom stereocenters. The molecule has 0 saturated carbocycles. The van der Waals surface area contributed by atoms with E-state index in [-0.39, 0.29) is 0 Å². The molecule has 1 aromatic heterocycles. The van der Waals surface area contributed by atoms with Crippen molar-refractivity contribution < 1.29 is 0 Å². The monoisotopic (exact) mass is 231 g/mol. The van der Waals surface area contributed by atoms with Crippen LogP contribution in [0, 0.1) is 6.92 Å². The first-order valence-electron chi connectivity index (χ1n) is 6.07. The highest BCUT2D eigenvalue weighted by molar-refractivity contribution is 7.19. The van der Waals surface area contributed by atoms with E-state index in [2.05, 4.69) is 36.5 Å². The molecule has 3 rings (SSSR count). The minimum atomic E-state index is 0.603. The summed E-state index contributed by atoms with van der Waals surface area (Å²) in [5.74, 6) is 0. The number of hydrogen-bond acceptors (Lipinski definition) is 2. The molecule has 2 heterocycles.